The lowest BCUT2D eigenvalue weighted by Crippen LogP contribution is -2.17. The van der Waals surface area contributed by atoms with Gasteiger partial charge in [0.25, 0.3) is 0 Å². The van der Waals surface area contributed by atoms with Gasteiger partial charge in [-0.25, -0.2) is 4.39 Å². The molecule has 0 heterocycles. The second-order valence-electron chi connectivity index (χ2n) is 8.54. The number of aliphatic hydroxyl groups is 1. The van der Waals surface area contributed by atoms with Gasteiger partial charge in [-0.1, -0.05) is 50.3 Å². The number of hydrogen-bond acceptors (Lipinski definition) is 3. The van der Waals surface area contributed by atoms with E-state index in [4.69, 9.17) is 4.74 Å². The van der Waals surface area contributed by atoms with E-state index >= 15 is 0 Å². The first-order valence-electron chi connectivity index (χ1n) is 11.0. The van der Waals surface area contributed by atoms with Crippen LogP contribution in [0.15, 0.2) is 65.9 Å². The van der Waals surface area contributed by atoms with Gasteiger partial charge in [-0.3, -0.25) is 0 Å². The van der Waals surface area contributed by atoms with Gasteiger partial charge in [0, 0.05) is 6.42 Å². The largest absolute Gasteiger partial charge is 0.573 e. The fraction of sp³-hybridized carbons (Fsp3) is 0.385. The topological polar surface area (TPSA) is 38.7 Å². The van der Waals surface area contributed by atoms with Crippen LogP contribution < -0.4 is 4.74 Å². The molecule has 2 aromatic rings. The molecule has 0 saturated heterocycles. The molecule has 1 aliphatic carbocycles. The predicted octanol–water partition coefficient (Wildman–Crippen LogP) is 7.31. The van der Waals surface area contributed by atoms with E-state index in [2.05, 4.69) is 18.6 Å². The van der Waals surface area contributed by atoms with Crippen LogP contribution in [0.2, 0.25) is 0 Å². The summed E-state index contributed by atoms with van der Waals surface area (Å²) in [5.41, 5.74) is 3.05. The highest BCUT2D eigenvalue weighted by Gasteiger charge is 2.32. The van der Waals surface area contributed by atoms with Gasteiger partial charge in [-0.15, -0.1) is 13.2 Å². The second-order valence-corrected chi connectivity index (χ2v) is 8.54. The Balaban J connectivity index is 1.56. The lowest BCUT2D eigenvalue weighted by molar-refractivity contribution is -0.275. The van der Waals surface area contributed by atoms with Crippen molar-refractivity contribution in [3.8, 4) is 16.9 Å². The summed E-state index contributed by atoms with van der Waals surface area (Å²) in [5.74, 6) is -0.530. The van der Waals surface area contributed by atoms with Gasteiger partial charge in [0.05, 0.1) is 11.9 Å². The number of rotatable bonds is 9. The zero-order valence-corrected chi connectivity index (χ0v) is 18.7. The minimum absolute atomic E-state index is 0.359. The van der Waals surface area contributed by atoms with Crippen molar-refractivity contribution >= 4 is 0 Å². The maximum absolute atomic E-state index is 14.0. The molecule has 1 atom stereocenters. The smallest absolute Gasteiger partial charge is 0.493 e. The average Bonchev–Trinajstić information content (AvgIpc) is 2.77. The zero-order valence-electron chi connectivity index (χ0n) is 18.7. The van der Waals surface area contributed by atoms with Crippen molar-refractivity contribution < 1.29 is 32.1 Å². The van der Waals surface area contributed by atoms with Crippen molar-refractivity contribution in [3.05, 3.63) is 77.3 Å². The van der Waals surface area contributed by atoms with Crippen molar-refractivity contribution in [1.82, 2.24) is 0 Å². The number of hydrogen-bond donors (Lipinski definition) is 1. The molecule has 0 aliphatic heterocycles. The lowest BCUT2D eigenvalue weighted by atomic mass is 9.94. The maximum atomic E-state index is 14.0. The van der Waals surface area contributed by atoms with E-state index in [1.807, 2.05) is 24.3 Å². The van der Waals surface area contributed by atoms with E-state index in [0.717, 1.165) is 54.7 Å². The van der Waals surface area contributed by atoms with Crippen LogP contribution in [0, 0.1) is 11.7 Å². The Labute approximate surface area is 191 Å². The van der Waals surface area contributed by atoms with Gasteiger partial charge < -0.3 is 14.6 Å². The number of aliphatic hydroxyl groups excluding tert-OH is 1. The van der Waals surface area contributed by atoms with Gasteiger partial charge in [0.1, 0.15) is 6.61 Å². The van der Waals surface area contributed by atoms with Gasteiger partial charge in [-0.05, 0) is 65.7 Å². The van der Waals surface area contributed by atoms with E-state index in [-0.39, 0.29) is 0 Å². The SMILES string of the molecule is CC(C)CCC(O)C1=CC=C(OCc2ccc(-c3ccc(OC(F)(F)F)c(F)c3)cc2)CC1. The van der Waals surface area contributed by atoms with Crippen LogP contribution in [0.25, 0.3) is 11.1 Å². The molecule has 0 radical (unpaired) electrons. The van der Waals surface area contributed by atoms with Crippen LogP contribution in [0.5, 0.6) is 5.75 Å². The monoisotopic (exact) mass is 464 g/mol. The van der Waals surface area contributed by atoms with Crippen LogP contribution in [-0.2, 0) is 11.3 Å². The van der Waals surface area contributed by atoms with Crippen LogP contribution in [0.3, 0.4) is 0 Å². The first kappa shape index (κ1) is 24.8. The summed E-state index contributed by atoms with van der Waals surface area (Å²) in [4.78, 5) is 0. The maximum Gasteiger partial charge on any atom is 0.573 e. The fourth-order valence-electron chi connectivity index (χ4n) is 3.57. The molecule has 178 valence electrons. The van der Waals surface area contributed by atoms with Gasteiger partial charge in [0.2, 0.25) is 0 Å². The third kappa shape index (κ3) is 7.63. The quantitative estimate of drug-likeness (QED) is 0.396. The number of allylic oxidation sites excluding steroid dienone is 3. The summed E-state index contributed by atoms with van der Waals surface area (Å²) in [6, 6.07) is 10.5. The molecule has 1 aliphatic rings. The molecule has 7 heteroatoms. The molecule has 2 aromatic carbocycles. The van der Waals surface area contributed by atoms with Gasteiger partial charge in [-0.2, -0.15) is 0 Å². The summed E-state index contributed by atoms with van der Waals surface area (Å²) in [5, 5.41) is 10.3. The van der Waals surface area contributed by atoms with Crippen molar-refractivity contribution in [3.63, 3.8) is 0 Å². The number of ether oxygens (including phenoxy) is 2. The summed E-state index contributed by atoms with van der Waals surface area (Å²) in [7, 11) is 0. The Bertz CT molecular complexity index is 992. The molecule has 1 N–H and O–H groups in total. The normalized spacial score (nSPS) is 15.2. The average molecular weight is 464 g/mol. The standard InChI is InChI=1S/C26H28F4O3/c1-17(2)3-13-24(31)20-8-11-22(12-9-20)32-16-18-4-6-19(7-5-18)21-10-14-25(23(27)15-21)33-26(28,29)30/h4-8,10-11,14-15,17,24,31H,3,9,12-13,16H2,1-2H3. The number of halogens is 4. The Morgan fingerprint density at radius 3 is 2.21 bits per heavy atom. The number of alkyl halides is 3. The molecule has 0 amide bonds. The van der Waals surface area contributed by atoms with E-state index in [9.17, 15) is 22.7 Å². The minimum Gasteiger partial charge on any atom is -0.493 e. The second kappa shape index (κ2) is 10.9. The first-order valence-corrected chi connectivity index (χ1v) is 11.0. The third-order valence-corrected chi connectivity index (χ3v) is 5.46. The summed E-state index contributed by atoms with van der Waals surface area (Å²) >= 11 is 0. The molecular formula is C26H28F4O3. The zero-order chi connectivity index (χ0) is 24.0. The van der Waals surface area contributed by atoms with Crippen molar-refractivity contribution in [2.24, 2.45) is 5.92 Å². The van der Waals surface area contributed by atoms with Crippen molar-refractivity contribution in [2.45, 2.75) is 58.6 Å². The lowest BCUT2D eigenvalue weighted by Gasteiger charge is -2.20. The van der Waals surface area contributed by atoms with Crippen LogP contribution in [0.4, 0.5) is 17.6 Å². The Hall–Kier alpha value is -2.80. The van der Waals surface area contributed by atoms with Crippen LogP contribution in [-0.4, -0.2) is 17.6 Å². The molecular weight excluding hydrogens is 436 g/mol. The molecule has 0 fully saturated rings. The molecule has 3 nitrogen and oxygen atoms in total. The fourth-order valence-corrected chi connectivity index (χ4v) is 3.57. The Morgan fingerprint density at radius 2 is 1.64 bits per heavy atom. The molecule has 0 saturated carbocycles. The summed E-state index contributed by atoms with van der Waals surface area (Å²) in [6.45, 7) is 4.64. The van der Waals surface area contributed by atoms with E-state index in [1.54, 1.807) is 12.1 Å². The van der Waals surface area contributed by atoms with E-state index in [0.29, 0.717) is 23.7 Å². The van der Waals surface area contributed by atoms with Gasteiger partial charge >= 0.3 is 6.36 Å². The van der Waals surface area contributed by atoms with Crippen LogP contribution in [0.1, 0.15) is 45.1 Å². The van der Waals surface area contributed by atoms with Gasteiger partial charge in [0.15, 0.2) is 11.6 Å². The minimum atomic E-state index is -4.94. The summed E-state index contributed by atoms with van der Waals surface area (Å²) < 4.78 is 60.4. The molecule has 3 rings (SSSR count). The molecule has 33 heavy (non-hydrogen) atoms. The molecule has 1 unspecified atom stereocenters. The molecule has 0 spiro atoms. The van der Waals surface area contributed by atoms with E-state index in [1.165, 1.54) is 6.07 Å². The van der Waals surface area contributed by atoms with Crippen molar-refractivity contribution in [2.75, 3.05) is 0 Å². The number of benzene rings is 2. The first-order chi connectivity index (χ1) is 15.6. The molecule has 0 aromatic heterocycles. The Morgan fingerprint density at radius 1 is 0.939 bits per heavy atom. The summed E-state index contributed by atoms with van der Waals surface area (Å²) in [6.07, 6.45) is 1.74. The Kier molecular flexibility index (Phi) is 8.19. The van der Waals surface area contributed by atoms with Crippen LogP contribution >= 0.6 is 0 Å². The molecule has 0 bridgehead atoms. The predicted molar refractivity (Wildman–Crippen MR) is 119 cm³/mol. The highest BCUT2D eigenvalue weighted by Crippen LogP contribution is 2.30. The van der Waals surface area contributed by atoms with E-state index < -0.39 is 24.0 Å². The highest BCUT2D eigenvalue weighted by atomic mass is 19.4. The van der Waals surface area contributed by atoms with Crippen molar-refractivity contribution in [1.29, 1.82) is 0 Å². The third-order valence-electron chi connectivity index (χ3n) is 5.46. The highest BCUT2D eigenvalue weighted by molar-refractivity contribution is 5.64.